The average molecular weight is 364 g/mol. The minimum Gasteiger partial charge on any atom is -0.392 e. The molecule has 0 fully saturated rings. The predicted octanol–water partition coefficient (Wildman–Crippen LogP) is 3.26. The van der Waals surface area contributed by atoms with Crippen LogP contribution in [0.25, 0.3) is 10.8 Å². The normalized spacial score (nSPS) is 12.1. The highest BCUT2D eigenvalue weighted by atomic mass is 16.3. The molecule has 0 aliphatic rings. The lowest BCUT2D eigenvalue weighted by atomic mass is 10.1. The first kappa shape index (κ1) is 18.9. The molecular formula is C22H24N2O3. The summed E-state index contributed by atoms with van der Waals surface area (Å²) < 4.78 is 1.48. The van der Waals surface area contributed by atoms with Gasteiger partial charge in [0.25, 0.3) is 5.56 Å². The molecule has 0 saturated carbocycles. The summed E-state index contributed by atoms with van der Waals surface area (Å²) in [6.07, 6.45) is 2.09. The van der Waals surface area contributed by atoms with E-state index in [1.165, 1.54) is 10.1 Å². The van der Waals surface area contributed by atoms with Gasteiger partial charge in [0.1, 0.15) is 0 Å². The molecule has 0 spiro atoms. The van der Waals surface area contributed by atoms with E-state index in [1.807, 2.05) is 25.1 Å². The van der Waals surface area contributed by atoms with Gasteiger partial charge in [-0.25, -0.2) is 0 Å². The Morgan fingerprint density at radius 2 is 1.93 bits per heavy atom. The fourth-order valence-corrected chi connectivity index (χ4v) is 3.19. The van der Waals surface area contributed by atoms with Crippen LogP contribution in [-0.2, 0) is 17.8 Å². The van der Waals surface area contributed by atoms with E-state index in [2.05, 4.69) is 11.4 Å². The minimum atomic E-state index is -0.607. The number of anilines is 1. The number of rotatable bonds is 6. The molecule has 0 radical (unpaired) electrons. The predicted molar refractivity (Wildman–Crippen MR) is 108 cm³/mol. The largest absolute Gasteiger partial charge is 0.392 e. The Hall–Kier alpha value is -2.92. The summed E-state index contributed by atoms with van der Waals surface area (Å²) in [5.74, 6) is -0.0860. The van der Waals surface area contributed by atoms with Crippen LogP contribution >= 0.6 is 0 Å². The summed E-state index contributed by atoms with van der Waals surface area (Å²) >= 11 is 0. The van der Waals surface area contributed by atoms with Crippen molar-refractivity contribution in [3.05, 3.63) is 76.2 Å². The summed E-state index contributed by atoms with van der Waals surface area (Å²) in [6.45, 7) is 3.91. The molecule has 3 rings (SSSR count). The van der Waals surface area contributed by atoms with Gasteiger partial charge in [-0.3, -0.25) is 9.59 Å². The lowest BCUT2D eigenvalue weighted by Gasteiger charge is -2.12. The maximum Gasteiger partial charge on any atom is 0.258 e. The molecule has 2 N–H and O–H groups in total. The van der Waals surface area contributed by atoms with E-state index in [-0.39, 0.29) is 18.0 Å². The molecule has 5 heteroatoms. The van der Waals surface area contributed by atoms with Crippen LogP contribution in [0, 0.1) is 6.92 Å². The van der Waals surface area contributed by atoms with Crippen LogP contribution in [0.2, 0.25) is 0 Å². The molecule has 0 saturated heterocycles. The highest BCUT2D eigenvalue weighted by molar-refractivity contribution is 6.01. The van der Waals surface area contributed by atoms with Crippen molar-refractivity contribution in [2.45, 2.75) is 39.3 Å². The summed E-state index contributed by atoms with van der Waals surface area (Å²) in [5.41, 5.74) is 2.76. The number of aliphatic hydroxyl groups is 1. The first-order chi connectivity index (χ1) is 12.9. The van der Waals surface area contributed by atoms with Gasteiger partial charge in [0.15, 0.2) is 0 Å². The van der Waals surface area contributed by atoms with Gasteiger partial charge in [0.2, 0.25) is 5.91 Å². The molecule has 2 aromatic carbocycles. The first-order valence-electron chi connectivity index (χ1n) is 9.09. The third-order valence-corrected chi connectivity index (χ3v) is 4.48. The molecule has 1 heterocycles. The zero-order chi connectivity index (χ0) is 19.4. The number of hydrogen-bond donors (Lipinski definition) is 2. The number of aliphatic hydroxyl groups excluding tert-OH is 1. The smallest absolute Gasteiger partial charge is 0.258 e. The monoisotopic (exact) mass is 364 g/mol. The van der Waals surface area contributed by atoms with E-state index >= 15 is 0 Å². The first-order valence-corrected chi connectivity index (χ1v) is 9.09. The van der Waals surface area contributed by atoms with Gasteiger partial charge in [-0.1, -0.05) is 35.9 Å². The maximum atomic E-state index is 12.6. The lowest BCUT2D eigenvalue weighted by molar-refractivity contribution is -0.116. The fraction of sp³-hybridized carbons (Fsp3) is 0.273. The number of fused-ring (bicyclic) bond motifs is 1. The number of aromatic nitrogens is 1. The number of hydrogen-bond acceptors (Lipinski definition) is 3. The Morgan fingerprint density at radius 3 is 2.67 bits per heavy atom. The van der Waals surface area contributed by atoms with Gasteiger partial charge in [0.05, 0.1) is 12.6 Å². The second kappa shape index (κ2) is 8.18. The topological polar surface area (TPSA) is 71.3 Å². The zero-order valence-corrected chi connectivity index (χ0v) is 15.6. The minimum absolute atomic E-state index is 0.0860. The highest BCUT2D eigenvalue weighted by Gasteiger charge is 2.10. The molecule has 3 aromatic rings. The third-order valence-electron chi connectivity index (χ3n) is 4.48. The number of aryl methyl sites for hydroxylation is 2. The van der Waals surface area contributed by atoms with Crippen LogP contribution < -0.4 is 10.9 Å². The number of pyridine rings is 1. The Kier molecular flexibility index (Phi) is 5.72. The van der Waals surface area contributed by atoms with Gasteiger partial charge >= 0.3 is 0 Å². The summed E-state index contributed by atoms with van der Waals surface area (Å²) in [5, 5.41) is 13.7. The zero-order valence-electron chi connectivity index (χ0n) is 15.6. The van der Waals surface area contributed by atoms with Crippen molar-refractivity contribution < 1.29 is 9.90 Å². The van der Waals surface area contributed by atoms with Gasteiger partial charge in [0, 0.05) is 29.1 Å². The molecule has 140 valence electrons. The molecule has 0 aliphatic carbocycles. The Labute approximate surface area is 158 Å². The van der Waals surface area contributed by atoms with Gasteiger partial charge in [-0.2, -0.15) is 0 Å². The Bertz CT molecular complexity index is 1020. The molecule has 1 aromatic heterocycles. The molecule has 5 nitrogen and oxygen atoms in total. The number of benzene rings is 2. The lowest BCUT2D eigenvalue weighted by Crippen LogP contribution is -2.25. The van der Waals surface area contributed by atoms with E-state index in [0.29, 0.717) is 29.3 Å². The molecule has 27 heavy (non-hydrogen) atoms. The second-order valence-corrected chi connectivity index (χ2v) is 6.93. The van der Waals surface area contributed by atoms with E-state index in [9.17, 15) is 14.7 Å². The Balaban J connectivity index is 1.77. The molecule has 0 bridgehead atoms. The van der Waals surface area contributed by atoms with Crippen LogP contribution in [-0.4, -0.2) is 21.7 Å². The molecule has 1 atom stereocenters. The van der Waals surface area contributed by atoms with Crippen molar-refractivity contribution in [1.29, 1.82) is 0 Å². The van der Waals surface area contributed by atoms with E-state index in [4.69, 9.17) is 0 Å². The summed E-state index contributed by atoms with van der Waals surface area (Å²) in [6, 6.07) is 15.2. The van der Waals surface area contributed by atoms with Crippen molar-refractivity contribution in [3.8, 4) is 0 Å². The van der Waals surface area contributed by atoms with Crippen LogP contribution in [0.1, 0.15) is 24.5 Å². The standard InChI is InChI=1S/C22H24N2O3/c1-15-5-3-6-17(13-15)9-10-21(26)23-20-8-4-7-19-18(20)11-12-24(22(19)27)14-16(2)25/h3-8,11-13,16,25H,9-10,14H2,1-2H3,(H,23,26). The quantitative estimate of drug-likeness (QED) is 0.705. The molecule has 1 unspecified atom stereocenters. The second-order valence-electron chi connectivity index (χ2n) is 6.93. The van der Waals surface area contributed by atoms with Crippen LogP contribution in [0.3, 0.4) is 0 Å². The SMILES string of the molecule is Cc1cccc(CCC(=O)Nc2cccc3c(=O)n(CC(C)O)ccc23)c1. The van der Waals surface area contributed by atoms with Crippen molar-refractivity contribution in [2.75, 3.05) is 5.32 Å². The van der Waals surface area contributed by atoms with Crippen LogP contribution in [0.5, 0.6) is 0 Å². The molecule has 1 amide bonds. The maximum absolute atomic E-state index is 12.6. The fourth-order valence-electron chi connectivity index (χ4n) is 3.19. The number of nitrogens with one attached hydrogen (secondary N) is 1. The van der Waals surface area contributed by atoms with Crippen molar-refractivity contribution >= 4 is 22.4 Å². The van der Waals surface area contributed by atoms with Gasteiger partial charge in [-0.15, -0.1) is 0 Å². The molecule has 0 aliphatic heterocycles. The highest BCUT2D eigenvalue weighted by Crippen LogP contribution is 2.21. The average Bonchev–Trinajstić information content (AvgIpc) is 2.62. The van der Waals surface area contributed by atoms with Crippen molar-refractivity contribution in [1.82, 2.24) is 4.57 Å². The summed E-state index contributed by atoms with van der Waals surface area (Å²) in [7, 11) is 0. The van der Waals surface area contributed by atoms with E-state index in [1.54, 1.807) is 37.4 Å². The number of carbonyl (C=O) groups excluding carboxylic acids is 1. The van der Waals surface area contributed by atoms with Crippen molar-refractivity contribution in [3.63, 3.8) is 0 Å². The van der Waals surface area contributed by atoms with Crippen LogP contribution in [0.15, 0.2) is 59.5 Å². The molecular weight excluding hydrogens is 340 g/mol. The van der Waals surface area contributed by atoms with Gasteiger partial charge in [-0.05, 0) is 44.0 Å². The Morgan fingerprint density at radius 1 is 1.15 bits per heavy atom. The van der Waals surface area contributed by atoms with Crippen LogP contribution in [0.4, 0.5) is 5.69 Å². The summed E-state index contributed by atoms with van der Waals surface area (Å²) in [4.78, 5) is 25.0. The third kappa shape index (κ3) is 4.63. The number of carbonyl (C=O) groups is 1. The van der Waals surface area contributed by atoms with E-state index in [0.717, 1.165) is 5.56 Å². The van der Waals surface area contributed by atoms with E-state index < -0.39 is 6.10 Å². The van der Waals surface area contributed by atoms with Crippen molar-refractivity contribution in [2.24, 2.45) is 0 Å². The number of amides is 1. The van der Waals surface area contributed by atoms with Gasteiger partial charge < -0.3 is 15.0 Å². The number of nitrogens with zero attached hydrogens (tertiary/aromatic N) is 1.